The second kappa shape index (κ2) is 11.7. The fourth-order valence-electron chi connectivity index (χ4n) is 2.89. The molecule has 0 atom stereocenters. The zero-order valence-electron chi connectivity index (χ0n) is 17.9. The van der Waals surface area contributed by atoms with Gasteiger partial charge < -0.3 is 16.4 Å². The van der Waals surface area contributed by atoms with Gasteiger partial charge in [0, 0.05) is 48.1 Å². The number of fused-ring (bicyclic) bond motifs is 1. The van der Waals surface area contributed by atoms with Crippen molar-refractivity contribution in [3.8, 4) is 0 Å². The van der Waals surface area contributed by atoms with Crippen LogP contribution in [0.3, 0.4) is 0 Å². The van der Waals surface area contributed by atoms with Gasteiger partial charge >= 0.3 is 0 Å². The molecule has 0 bridgehead atoms. The maximum Gasteiger partial charge on any atom is 0.194 e. The van der Waals surface area contributed by atoms with E-state index in [9.17, 15) is 0 Å². The first-order valence-electron chi connectivity index (χ1n) is 10.2. The summed E-state index contributed by atoms with van der Waals surface area (Å²) in [5.41, 5.74) is 8.16. The molecule has 0 spiro atoms. The van der Waals surface area contributed by atoms with Crippen molar-refractivity contribution in [2.24, 2.45) is 10.7 Å². The van der Waals surface area contributed by atoms with Crippen LogP contribution in [0.1, 0.15) is 25.1 Å². The van der Waals surface area contributed by atoms with E-state index in [1.807, 2.05) is 38.2 Å². The second-order valence-corrected chi connectivity index (χ2v) is 8.48. The van der Waals surface area contributed by atoms with Crippen LogP contribution >= 0.6 is 23.5 Å². The molecule has 0 radical (unpaired) electrons. The van der Waals surface area contributed by atoms with E-state index in [4.69, 9.17) is 5.73 Å². The van der Waals surface area contributed by atoms with Gasteiger partial charge in [0.2, 0.25) is 0 Å². The van der Waals surface area contributed by atoms with Gasteiger partial charge in [0.25, 0.3) is 0 Å². The van der Waals surface area contributed by atoms with Crippen molar-refractivity contribution in [2.75, 3.05) is 18.9 Å². The largest absolute Gasteiger partial charge is 0.370 e. The molecule has 1 aromatic carbocycles. The highest BCUT2D eigenvalue weighted by atomic mass is 32.2. The number of nitrogens with zero attached hydrogens (tertiary/aromatic N) is 4. The quantitative estimate of drug-likeness (QED) is 0.300. The highest BCUT2D eigenvalue weighted by Crippen LogP contribution is 2.37. The van der Waals surface area contributed by atoms with Gasteiger partial charge in [0.05, 0.1) is 10.6 Å². The summed E-state index contributed by atoms with van der Waals surface area (Å²) >= 11 is 3.23. The molecule has 31 heavy (non-hydrogen) atoms. The fourth-order valence-corrected chi connectivity index (χ4v) is 4.82. The van der Waals surface area contributed by atoms with Crippen molar-refractivity contribution in [1.82, 2.24) is 20.3 Å². The average molecular weight is 454 g/mol. The number of anilines is 1. The van der Waals surface area contributed by atoms with Crippen LogP contribution in [0.5, 0.6) is 0 Å². The number of aliphatic imine (C=N–C) groups is 1. The molecule has 1 aliphatic rings. The predicted molar refractivity (Wildman–Crippen MR) is 129 cm³/mol. The number of guanidine groups is 1. The molecule has 4 N–H and O–H groups in total. The van der Waals surface area contributed by atoms with Gasteiger partial charge in [0.15, 0.2) is 5.96 Å². The van der Waals surface area contributed by atoms with Crippen molar-refractivity contribution in [1.29, 1.82) is 0 Å². The van der Waals surface area contributed by atoms with E-state index in [1.165, 1.54) is 5.56 Å². The molecule has 0 fully saturated rings. The Balaban J connectivity index is 0.00000132. The van der Waals surface area contributed by atoms with Crippen LogP contribution in [0.4, 0.5) is 5.82 Å². The Morgan fingerprint density at radius 2 is 1.90 bits per heavy atom. The van der Waals surface area contributed by atoms with E-state index in [-0.39, 0.29) is 0 Å². The first-order chi connectivity index (χ1) is 15.2. The molecule has 9 heteroatoms. The molecular formula is C22H27N7S2. The zero-order chi connectivity index (χ0) is 22.1. The molecule has 4 rings (SSSR count). The summed E-state index contributed by atoms with van der Waals surface area (Å²) in [5, 5.41) is 7.44. The third-order valence-corrected chi connectivity index (χ3v) is 6.38. The number of pyridine rings is 1. The third-order valence-electron chi connectivity index (χ3n) is 4.34. The standard InChI is InChI=1S/C20H21N7S2.C2H6/c1-22-20(21)27-18-17(28-13-5-3-2-4-6-13)9-14(10-24-18)29-19-15-11-23-8-7-16(15)25-12-26-19;1-2/h2-6,9-10,12,23H,7-8,11H2,1H3,(H3,21,22,24,27);1-2H3. The number of hydrogen-bond donors (Lipinski definition) is 3. The van der Waals surface area contributed by atoms with Gasteiger partial charge in [0.1, 0.15) is 17.2 Å². The number of nitrogens with one attached hydrogen (secondary N) is 2. The molecule has 0 unspecified atom stereocenters. The summed E-state index contributed by atoms with van der Waals surface area (Å²) in [6.07, 6.45) is 4.40. The minimum Gasteiger partial charge on any atom is -0.370 e. The SMILES string of the molecule is CC.CN=C(N)Nc1ncc(Sc2ncnc3c2CNCC3)cc1Sc1ccccc1. The Labute approximate surface area is 191 Å². The lowest BCUT2D eigenvalue weighted by Gasteiger charge is -2.18. The van der Waals surface area contributed by atoms with Crippen LogP contribution in [0, 0.1) is 0 Å². The molecule has 7 nitrogen and oxygen atoms in total. The van der Waals surface area contributed by atoms with Crippen LogP contribution in [0.2, 0.25) is 0 Å². The van der Waals surface area contributed by atoms with Crippen LogP contribution in [0.15, 0.2) is 73.6 Å². The summed E-state index contributed by atoms with van der Waals surface area (Å²) in [6, 6.07) is 12.3. The molecule has 1 aliphatic heterocycles. The van der Waals surface area contributed by atoms with Crippen molar-refractivity contribution in [3.63, 3.8) is 0 Å². The first kappa shape index (κ1) is 23.1. The minimum atomic E-state index is 0.323. The Morgan fingerprint density at radius 1 is 1.10 bits per heavy atom. The van der Waals surface area contributed by atoms with Crippen molar-refractivity contribution in [2.45, 2.75) is 46.5 Å². The predicted octanol–water partition coefficient (Wildman–Crippen LogP) is 4.20. The Hall–Kier alpha value is -2.62. The highest BCUT2D eigenvalue weighted by molar-refractivity contribution is 8.00. The van der Waals surface area contributed by atoms with E-state index in [2.05, 4.69) is 48.8 Å². The summed E-state index contributed by atoms with van der Waals surface area (Å²) < 4.78 is 0. The first-order valence-corrected chi connectivity index (χ1v) is 11.8. The molecule has 0 aliphatic carbocycles. The lowest BCUT2D eigenvalue weighted by Crippen LogP contribution is -2.25. The van der Waals surface area contributed by atoms with E-state index in [1.54, 1.807) is 36.9 Å². The van der Waals surface area contributed by atoms with Gasteiger partial charge in [-0.3, -0.25) is 4.99 Å². The zero-order valence-corrected chi connectivity index (χ0v) is 19.6. The smallest absolute Gasteiger partial charge is 0.194 e. The van der Waals surface area contributed by atoms with Gasteiger partial charge in [-0.25, -0.2) is 15.0 Å². The number of nitrogens with two attached hydrogens (primary N) is 1. The summed E-state index contributed by atoms with van der Waals surface area (Å²) in [4.78, 5) is 20.6. The fraction of sp³-hybridized carbons (Fsp3) is 0.273. The lowest BCUT2D eigenvalue weighted by molar-refractivity contribution is 0.611. The summed E-state index contributed by atoms with van der Waals surface area (Å²) in [5.74, 6) is 1.00. The molecule has 162 valence electrons. The van der Waals surface area contributed by atoms with E-state index in [0.717, 1.165) is 44.9 Å². The van der Waals surface area contributed by atoms with Gasteiger partial charge in [-0.1, -0.05) is 55.6 Å². The van der Waals surface area contributed by atoms with Crippen molar-refractivity contribution < 1.29 is 0 Å². The maximum atomic E-state index is 5.87. The van der Waals surface area contributed by atoms with Crippen LogP contribution in [-0.2, 0) is 13.0 Å². The summed E-state index contributed by atoms with van der Waals surface area (Å²) in [7, 11) is 1.64. The van der Waals surface area contributed by atoms with Crippen molar-refractivity contribution in [3.05, 3.63) is 60.2 Å². The Kier molecular flexibility index (Phi) is 8.69. The maximum absolute atomic E-state index is 5.87. The van der Waals surface area contributed by atoms with Gasteiger partial charge in [-0.05, 0) is 18.2 Å². The van der Waals surface area contributed by atoms with Gasteiger partial charge in [-0.15, -0.1) is 0 Å². The van der Waals surface area contributed by atoms with Crippen LogP contribution < -0.4 is 16.4 Å². The average Bonchev–Trinajstić information content (AvgIpc) is 2.83. The monoisotopic (exact) mass is 453 g/mol. The minimum absolute atomic E-state index is 0.323. The highest BCUT2D eigenvalue weighted by Gasteiger charge is 2.17. The van der Waals surface area contributed by atoms with Crippen LogP contribution in [-0.4, -0.2) is 34.5 Å². The second-order valence-electron chi connectivity index (χ2n) is 6.30. The molecule has 2 aromatic heterocycles. The normalized spacial score (nSPS) is 13.1. The van der Waals surface area contributed by atoms with E-state index in [0.29, 0.717) is 11.8 Å². The Morgan fingerprint density at radius 3 is 2.68 bits per heavy atom. The third kappa shape index (κ3) is 6.19. The number of rotatable bonds is 5. The van der Waals surface area contributed by atoms with Crippen LogP contribution in [0.25, 0.3) is 0 Å². The molecule has 0 amide bonds. The molecule has 0 saturated heterocycles. The van der Waals surface area contributed by atoms with E-state index < -0.39 is 0 Å². The molecule has 0 saturated carbocycles. The topological polar surface area (TPSA) is 101 Å². The van der Waals surface area contributed by atoms with Gasteiger partial charge in [-0.2, -0.15) is 0 Å². The number of hydrogen-bond acceptors (Lipinski definition) is 7. The Bertz CT molecular complexity index is 1030. The lowest BCUT2D eigenvalue weighted by atomic mass is 10.1. The molecule has 3 heterocycles. The number of benzene rings is 1. The summed E-state index contributed by atoms with van der Waals surface area (Å²) in [6.45, 7) is 5.75. The molecule has 3 aromatic rings. The van der Waals surface area contributed by atoms with Crippen molar-refractivity contribution >= 4 is 35.3 Å². The molecular weight excluding hydrogens is 426 g/mol. The number of aromatic nitrogens is 3. The van der Waals surface area contributed by atoms with E-state index >= 15 is 0 Å².